The Morgan fingerprint density at radius 1 is 1.26 bits per heavy atom. The molecule has 0 unspecified atom stereocenters. The van der Waals surface area contributed by atoms with Gasteiger partial charge in [0.2, 0.25) is 12.2 Å². The van der Waals surface area contributed by atoms with Crippen LogP contribution in [-0.2, 0) is 9.59 Å². The molecule has 0 saturated carbocycles. The number of carbonyl (C=O) groups excluding carboxylic acids is 3. The first-order valence-electron chi connectivity index (χ1n) is 5.91. The topological polar surface area (TPSA) is 72.5 Å². The van der Waals surface area contributed by atoms with Gasteiger partial charge in [-0.05, 0) is 31.2 Å². The van der Waals surface area contributed by atoms with Crippen LogP contribution in [0.5, 0.6) is 5.75 Å². The molecule has 1 N–H and O–H groups in total. The smallest absolute Gasteiger partial charge is 0.222 e. The Morgan fingerprint density at radius 3 is 2.42 bits per heavy atom. The maximum atomic E-state index is 11.8. The Hall–Kier alpha value is -2.17. The number of benzene rings is 1. The fourth-order valence-electron chi connectivity index (χ4n) is 1.49. The molecule has 1 atom stereocenters. The average Bonchev–Trinajstić information content (AvgIpc) is 2.44. The lowest BCUT2D eigenvalue weighted by Crippen LogP contribution is -2.33. The Kier molecular flexibility index (Phi) is 5.73. The summed E-state index contributed by atoms with van der Waals surface area (Å²) in [5.74, 6) is 0.211. The number of amides is 1. The van der Waals surface area contributed by atoms with Crippen LogP contribution < -0.4 is 10.1 Å². The van der Waals surface area contributed by atoms with Gasteiger partial charge in [0.15, 0.2) is 5.78 Å². The molecule has 1 aromatic rings. The Bertz CT molecular complexity index is 453. The summed E-state index contributed by atoms with van der Waals surface area (Å²) in [6, 6.07) is 6.04. The molecule has 0 saturated heterocycles. The van der Waals surface area contributed by atoms with Crippen LogP contribution in [0.25, 0.3) is 0 Å². The normalized spacial score (nSPS) is 11.5. The maximum Gasteiger partial charge on any atom is 0.222 e. The van der Waals surface area contributed by atoms with E-state index in [2.05, 4.69) is 5.32 Å². The van der Waals surface area contributed by atoms with E-state index in [4.69, 9.17) is 4.74 Å². The predicted octanol–water partition coefficient (Wildman–Crippen LogP) is 1.27. The van der Waals surface area contributed by atoms with Crippen molar-refractivity contribution in [3.05, 3.63) is 29.8 Å². The minimum absolute atomic E-state index is 0.0525. The molecule has 1 aromatic carbocycles. The third-order valence-corrected chi connectivity index (χ3v) is 2.55. The van der Waals surface area contributed by atoms with E-state index >= 15 is 0 Å². The molecule has 0 heterocycles. The minimum atomic E-state index is -0.649. The molecular formula is C14H16NO4. The number of hydrogen-bond donors (Lipinski definition) is 1. The van der Waals surface area contributed by atoms with Crippen molar-refractivity contribution in [3.8, 4) is 5.75 Å². The van der Waals surface area contributed by atoms with Crippen LogP contribution >= 0.6 is 0 Å². The lowest BCUT2D eigenvalue weighted by atomic mass is 10.1. The van der Waals surface area contributed by atoms with Gasteiger partial charge in [-0.25, -0.2) is 0 Å². The van der Waals surface area contributed by atoms with E-state index in [-0.39, 0.29) is 24.5 Å². The zero-order valence-electron chi connectivity index (χ0n) is 10.9. The third-order valence-electron chi connectivity index (χ3n) is 2.55. The van der Waals surface area contributed by atoms with Crippen LogP contribution in [0, 0.1) is 0 Å². The summed E-state index contributed by atoms with van der Waals surface area (Å²) in [6.45, 7) is 1.52. The number of ether oxygens (including phenoxy) is 1. The van der Waals surface area contributed by atoms with Crippen molar-refractivity contribution in [3.63, 3.8) is 0 Å². The van der Waals surface area contributed by atoms with Gasteiger partial charge in [0, 0.05) is 18.4 Å². The van der Waals surface area contributed by atoms with Crippen LogP contribution in [0.4, 0.5) is 0 Å². The van der Waals surface area contributed by atoms with Crippen LogP contribution in [0.15, 0.2) is 24.3 Å². The number of rotatable bonds is 7. The van der Waals surface area contributed by atoms with Gasteiger partial charge in [-0.1, -0.05) is 0 Å². The molecule has 5 nitrogen and oxygen atoms in total. The highest BCUT2D eigenvalue weighted by Gasteiger charge is 2.11. The second-order valence-corrected chi connectivity index (χ2v) is 4.06. The monoisotopic (exact) mass is 262 g/mol. The standard InChI is InChI=1S/C14H16NO4/c1-10(9-16)15-14(18)8-7-13(17)11-3-5-12(19-2)6-4-11/h3-6,10H,7-8H2,1-2H3,(H,15,18)/t10-/m0/s1. The van der Waals surface area contributed by atoms with Crippen LogP contribution in [-0.4, -0.2) is 31.1 Å². The molecule has 1 radical (unpaired) electrons. The molecule has 101 valence electrons. The Labute approximate surface area is 111 Å². The van der Waals surface area contributed by atoms with Crippen molar-refractivity contribution in [1.29, 1.82) is 0 Å². The summed E-state index contributed by atoms with van der Waals surface area (Å²) in [5, 5.41) is 2.42. The van der Waals surface area contributed by atoms with Gasteiger partial charge < -0.3 is 10.1 Å². The van der Waals surface area contributed by atoms with Gasteiger partial charge in [0.1, 0.15) is 5.75 Å². The molecule has 19 heavy (non-hydrogen) atoms. The molecule has 0 bridgehead atoms. The minimum Gasteiger partial charge on any atom is -0.497 e. The van der Waals surface area contributed by atoms with Crippen molar-refractivity contribution in [1.82, 2.24) is 5.32 Å². The molecule has 0 aliphatic carbocycles. The number of carbonyl (C=O) groups is 2. The number of Topliss-reactive ketones (excluding diaryl/α,β-unsaturated/α-hetero) is 1. The maximum absolute atomic E-state index is 11.8. The summed E-state index contributed by atoms with van der Waals surface area (Å²) in [4.78, 5) is 33.4. The molecule has 0 aromatic heterocycles. The van der Waals surface area contributed by atoms with E-state index in [1.54, 1.807) is 37.7 Å². The van der Waals surface area contributed by atoms with Crippen molar-refractivity contribution in [2.24, 2.45) is 0 Å². The van der Waals surface area contributed by atoms with E-state index in [1.165, 1.54) is 6.92 Å². The van der Waals surface area contributed by atoms with E-state index in [0.29, 0.717) is 11.3 Å². The first-order chi connectivity index (χ1) is 9.06. The van der Waals surface area contributed by atoms with E-state index in [9.17, 15) is 14.4 Å². The fourth-order valence-corrected chi connectivity index (χ4v) is 1.49. The quantitative estimate of drug-likeness (QED) is 0.751. The van der Waals surface area contributed by atoms with Crippen molar-refractivity contribution in [2.45, 2.75) is 25.8 Å². The first-order valence-corrected chi connectivity index (χ1v) is 5.91. The largest absolute Gasteiger partial charge is 0.497 e. The molecule has 0 aliphatic rings. The summed E-state index contributed by atoms with van der Waals surface area (Å²) >= 11 is 0. The molecular weight excluding hydrogens is 246 g/mol. The van der Waals surface area contributed by atoms with Gasteiger partial charge in [0.05, 0.1) is 13.2 Å². The number of methoxy groups -OCH3 is 1. The highest BCUT2D eigenvalue weighted by molar-refractivity contribution is 5.98. The predicted molar refractivity (Wildman–Crippen MR) is 69.9 cm³/mol. The highest BCUT2D eigenvalue weighted by Crippen LogP contribution is 2.13. The average molecular weight is 262 g/mol. The van der Waals surface area contributed by atoms with Gasteiger partial charge in [-0.15, -0.1) is 0 Å². The van der Waals surface area contributed by atoms with Crippen LogP contribution in [0.2, 0.25) is 0 Å². The zero-order valence-corrected chi connectivity index (χ0v) is 10.9. The summed E-state index contributed by atoms with van der Waals surface area (Å²) in [7, 11) is 1.55. The summed E-state index contributed by atoms with van der Waals surface area (Å²) in [5.41, 5.74) is 0.531. The zero-order chi connectivity index (χ0) is 14.3. The van der Waals surface area contributed by atoms with Crippen molar-refractivity contribution in [2.75, 3.05) is 7.11 Å². The fraction of sp³-hybridized carbons (Fsp3) is 0.357. The van der Waals surface area contributed by atoms with Gasteiger partial charge >= 0.3 is 0 Å². The van der Waals surface area contributed by atoms with Gasteiger partial charge in [0.25, 0.3) is 0 Å². The molecule has 0 fully saturated rings. The van der Waals surface area contributed by atoms with E-state index < -0.39 is 6.04 Å². The Morgan fingerprint density at radius 2 is 1.89 bits per heavy atom. The van der Waals surface area contributed by atoms with E-state index in [1.807, 2.05) is 0 Å². The molecule has 0 aliphatic heterocycles. The number of hydrogen-bond acceptors (Lipinski definition) is 4. The number of ketones is 1. The Balaban J connectivity index is 2.46. The van der Waals surface area contributed by atoms with Gasteiger partial charge in [-0.3, -0.25) is 14.4 Å². The highest BCUT2D eigenvalue weighted by atomic mass is 16.5. The molecule has 0 spiro atoms. The first kappa shape index (κ1) is 14.9. The second-order valence-electron chi connectivity index (χ2n) is 4.06. The third kappa shape index (κ3) is 4.91. The van der Waals surface area contributed by atoms with Crippen molar-refractivity contribution < 1.29 is 19.1 Å². The summed E-state index contributed by atoms with van der Waals surface area (Å²) in [6.07, 6.45) is 1.80. The van der Waals surface area contributed by atoms with Crippen LogP contribution in [0.3, 0.4) is 0 Å². The lowest BCUT2D eigenvalue weighted by molar-refractivity contribution is -0.121. The SMILES string of the molecule is COc1ccc(C(=O)CCC(=O)N[C@@H](C)[C]=O)cc1. The molecule has 1 rings (SSSR count). The molecule has 5 heteroatoms. The summed E-state index contributed by atoms with van der Waals surface area (Å²) < 4.78 is 4.99. The van der Waals surface area contributed by atoms with E-state index in [0.717, 1.165) is 0 Å². The van der Waals surface area contributed by atoms with Crippen molar-refractivity contribution >= 4 is 18.0 Å². The van der Waals surface area contributed by atoms with Crippen LogP contribution in [0.1, 0.15) is 30.1 Å². The molecule has 1 amide bonds. The lowest BCUT2D eigenvalue weighted by Gasteiger charge is -2.06. The second kappa shape index (κ2) is 7.31. The van der Waals surface area contributed by atoms with Gasteiger partial charge in [-0.2, -0.15) is 0 Å². The number of nitrogens with one attached hydrogen (secondary N) is 1.